The van der Waals surface area contributed by atoms with Gasteiger partial charge in [0.2, 0.25) is 0 Å². The molecule has 0 aliphatic carbocycles. The number of anilines is 1. The second kappa shape index (κ2) is 9.30. The zero-order valence-electron chi connectivity index (χ0n) is 16.6. The summed E-state index contributed by atoms with van der Waals surface area (Å²) in [6, 6.07) is 6.79. The number of rotatable bonds is 5. The Morgan fingerprint density at radius 2 is 1.74 bits per heavy atom. The van der Waals surface area contributed by atoms with Crippen molar-refractivity contribution < 1.29 is 13.2 Å². The maximum Gasteiger partial charge on any atom is 0.403 e. The molecule has 1 N–H and O–H groups in total. The average Bonchev–Trinajstić information content (AvgIpc) is 2.64. The summed E-state index contributed by atoms with van der Waals surface area (Å²) >= 11 is 0. The molecule has 1 atom stereocenters. The van der Waals surface area contributed by atoms with Crippen molar-refractivity contribution in [2.75, 3.05) is 51.7 Å². The molecular weight excluding hydrogens is 355 g/mol. The van der Waals surface area contributed by atoms with E-state index in [0.717, 1.165) is 23.8 Å². The number of hydrogen-bond acceptors (Lipinski definition) is 3. The standard InChI is InChI=1S/C19H30F3N5/c1-5-23-18(24-14-16-6-8-17(9-7-16)25(3)4)27-12-10-26(11-13-27)15(2)19(20,21)22/h6-9,15H,5,10-14H2,1-4H3,(H,23,24). The molecule has 0 bridgehead atoms. The molecule has 1 saturated heterocycles. The summed E-state index contributed by atoms with van der Waals surface area (Å²) in [6.45, 7) is 6.30. The molecule has 1 aliphatic heterocycles. The molecule has 27 heavy (non-hydrogen) atoms. The highest BCUT2D eigenvalue weighted by atomic mass is 19.4. The zero-order chi connectivity index (χ0) is 20.0. The average molecular weight is 385 g/mol. The summed E-state index contributed by atoms with van der Waals surface area (Å²) in [5, 5.41) is 3.25. The SMILES string of the molecule is CCNC(=NCc1ccc(N(C)C)cc1)N1CCN(C(C)C(F)(F)F)CC1. The quantitative estimate of drug-likeness (QED) is 0.624. The molecule has 1 heterocycles. The van der Waals surface area contributed by atoms with Crippen molar-refractivity contribution in [1.82, 2.24) is 15.1 Å². The second-order valence-electron chi connectivity index (χ2n) is 6.97. The minimum Gasteiger partial charge on any atom is -0.378 e. The van der Waals surface area contributed by atoms with Gasteiger partial charge in [0, 0.05) is 52.5 Å². The maximum absolute atomic E-state index is 12.9. The molecule has 0 spiro atoms. The van der Waals surface area contributed by atoms with Crippen LogP contribution in [-0.4, -0.2) is 74.8 Å². The van der Waals surface area contributed by atoms with E-state index in [9.17, 15) is 13.2 Å². The fourth-order valence-corrected chi connectivity index (χ4v) is 3.02. The van der Waals surface area contributed by atoms with E-state index >= 15 is 0 Å². The van der Waals surface area contributed by atoms with Crippen molar-refractivity contribution in [3.63, 3.8) is 0 Å². The predicted octanol–water partition coefficient (Wildman–Crippen LogP) is 2.79. The smallest absolute Gasteiger partial charge is 0.378 e. The number of piperazine rings is 1. The highest BCUT2D eigenvalue weighted by molar-refractivity contribution is 5.80. The minimum absolute atomic E-state index is 0.378. The van der Waals surface area contributed by atoms with Gasteiger partial charge in [-0.25, -0.2) is 4.99 Å². The maximum atomic E-state index is 12.9. The van der Waals surface area contributed by atoms with Crippen LogP contribution in [0, 0.1) is 0 Å². The first-order valence-corrected chi connectivity index (χ1v) is 9.32. The molecule has 0 saturated carbocycles. The predicted molar refractivity (Wildman–Crippen MR) is 104 cm³/mol. The van der Waals surface area contributed by atoms with Gasteiger partial charge in [0.25, 0.3) is 0 Å². The van der Waals surface area contributed by atoms with Gasteiger partial charge in [-0.3, -0.25) is 4.90 Å². The van der Waals surface area contributed by atoms with Gasteiger partial charge < -0.3 is 15.1 Å². The van der Waals surface area contributed by atoms with E-state index in [2.05, 4.69) is 22.4 Å². The Hall–Kier alpha value is -1.96. The lowest BCUT2D eigenvalue weighted by Gasteiger charge is -2.39. The van der Waals surface area contributed by atoms with Crippen LogP contribution in [0.2, 0.25) is 0 Å². The lowest BCUT2D eigenvalue weighted by molar-refractivity contribution is -0.181. The van der Waals surface area contributed by atoms with Crippen LogP contribution in [0.1, 0.15) is 19.4 Å². The fourth-order valence-electron chi connectivity index (χ4n) is 3.02. The Morgan fingerprint density at radius 3 is 2.22 bits per heavy atom. The third-order valence-corrected chi connectivity index (χ3v) is 4.83. The van der Waals surface area contributed by atoms with E-state index in [-0.39, 0.29) is 0 Å². The number of guanidine groups is 1. The van der Waals surface area contributed by atoms with Crippen LogP contribution in [0.3, 0.4) is 0 Å². The number of hydrogen-bond donors (Lipinski definition) is 1. The highest BCUT2D eigenvalue weighted by Crippen LogP contribution is 2.25. The Kier molecular flexibility index (Phi) is 7.35. The third kappa shape index (κ3) is 6.02. The first-order valence-electron chi connectivity index (χ1n) is 9.32. The van der Waals surface area contributed by atoms with Crippen molar-refractivity contribution in [2.45, 2.75) is 32.6 Å². The first kappa shape index (κ1) is 21.3. The fraction of sp³-hybridized carbons (Fsp3) is 0.632. The van der Waals surface area contributed by atoms with Gasteiger partial charge in [-0.15, -0.1) is 0 Å². The molecule has 152 valence electrons. The third-order valence-electron chi connectivity index (χ3n) is 4.83. The van der Waals surface area contributed by atoms with E-state index in [1.807, 2.05) is 43.0 Å². The lowest BCUT2D eigenvalue weighted by atomic mass is 10.2. The van der Waals surface area contributed by atoms with Gasteiger partial charge in [-0.1, -0.05) is 12.1 Å². The lowest BCUT2D eigenvalue weighted by Crippen LogP contribution is -2.56. The van der Waals surface area contributed by atoms with E-state index < -0.39 is 12.2 Å². The molecule has 1 aromatic rings. The van der Waals surface area contributed by atoms with Gasteiger partial charge in [-0.2, -0.15) is 13.2 Å². The monoisotopic (exact) mass is 385 g/mol. The number of aliphatic imine (C=N–C) groups is 1. The normalized spacial score (nSPS) is 17.7. The van der Waals surface area contributed by atoms with E-state index in [1.165, 1.54) is 11.8 Å². The van der Waals surface area contributed by atoms with Gasteiger partial charge >= 0.3 is 6.18 Å². The van der Waals surface area contributed by atoms with Crippen molar-refractivity contribution in [3.8, 4) is 0 Å². The summed E-state index contributed by atoms with van der Waals surface area (Å²) in [7, 11) is 3.99. The highest BCUT2D eigenvalue weighted by Gasteiger charge is 2.41. The Balaban J connectivity index is 1.97. The molecule has 8 heteroatoms. The molecular formula is C19H30F3N5. The second-order valence-corrected chi connectivity index (χ2v) is 6.97. The van der Waals surface area contributed by atoms with Crippen LogP contribution in [0.4, 0.5) is 18.9 Å². The van der Waals surface area contributed by atoms with Crippen LogP contribution >= 0.6 is 0 Å². The minimum atomic E-state index is -4.18. The van der Waals surface area contributed by atoms with Crippen molar-refractivity contribution in [2.24, 2.45) is 4.99 Å². The van der Waals surface area contributed by atoms with Gasteiger partial charge in [0.15, 0.2) is 5.96 Å². The molecule has 1 aromatic carbocycles. The number of benzene rings is 1. The Bertz CT molecular complexity index is 605. The number of halogens is 3. The Morgan fingerprint density at radius 1 is 1.15 bits per heavy atom. The number of nitrogens with one attached hydrogen (secondary N) is 1. The van der Waals surface area contributed by atoms with Crippen molar-refractivity contribution >= 4 is 11.6 Å². The number of nitrogens with zero attached hydrogens (tertiary/aromatic N) is 4. The van der Waals surface area contributed by atoms with Gasteiger partial charge in [0.1, 0.15) is 6.04 Å². The van der Waals surface area contributed by atoms with Crippen molar-refractivity contribution in [1.29, 1.82) is 0 Å². The molecule has 0 aromatic heterocycles. The van der Waals surface area contributed by atoms with Gasteiger partial charge in [0.05, 0.1) is 6.54 Å². The van der Waals surface area contributed by atoms with E-state index in [0.29, 0.717) is 32.7 Å². The van der Waals surface area contributed by atoms with Crippen molar-refractivity contribution in [3.05, 3.63) is 29.8 Å². The molecule has 1 aliphatic rings. The van der Waals surface area contributed by atoms with Crippen LogP contribution < -0.4 is 10.2 Å². The topological polar surface area (TPSA) is 34.1 Å². The Labute approximate surface area is 159 Å². The molecule has 1 fully saturated rings. The van der Waals surface area contributed by atoms with Crippen LogP contribution in [0.15, 0.2) is 29.3 Å². The zero-order valence-corrected chi connectivity index (χ0v) is 16.6. The summed E-state index contributed by atoms with van der Waals surface area (Å²) in [4.78, 5) is 10.2. The summed E-state index contributed by atoms with van der Waals surface area (Å²) < 4.78 is 38.7. The first-order chi connectivity index (χ1) is 12.7. The molecule has 0 amide bonds. The summed E-state index contributed by atoms with van der Waals surface area (Å²) in [6.07, 6.45) is -4.18. The molecule has 0 radical (unpaired) electrons. The molecule has 1 unspecified atom stereocenters. The number of alkyl halides is 3. The largest absolute Gasteiger partial charge is 0.403 e. The van der Waals surface area contributed by atoms with Crippen LogP contribution in [-0.2, 0) is 6.54 Å². The van der Waals surface area contributed by atoms with E-state index in [1.54, 1.807) is 0 Å². The van der Waals surface area contributed by atoms with Gasteiger partial charge in [-0.05, 0) is 31.5 Å². The molecule has 5 nitrogen and oxygen atoms in total. The van der Waals surface area contributed by atoms with E-state index in [4.69, 9.17) is 0 Å². The molecule has 2 rings (SSSR count). The van der Waals surface area contributed by atoms with Crippen LogP contribution in [0.25, 0.3) is 0 Å². The van der Waals surface area contributed by atoms with Crippen LogP contribution in [0.5, 0.6) is 0 Å². The summed E-state index contributed by atoms with van der Waals surface area (Å²) in [5.41, 5.74) is 2.23. The summed E-state index contributed by atoms with van der Waals surface area (Å²) in [5.74, 6) is 0.758.